The molecule has 1 aromatic rings. The second kappa shape index (κ2) is 6.99. The lowest BCUT2D eigenvalue weighted by Gasteiger charge is -2.18. The van der Waals surface area contributed by atoms with Gasteiger partial charge in [-0.1, -0.05) is 6.07 Å². The largest absolute Gasteiger partial charge is 0.493 e. The maximum atomic E-state index is 11.7. The molecule has 5 heteroatoms. The molecule has 1 amide bonds. The number of rotatable bonds is 6. The van der Waals surface area contributed by atoms with Crippen LogP contribution in [0.3, 0.4) is 0 Å². The lowest BCUT2D eigenvalue weighted by Crippen LogP contribution is -2.41. The minimum atomic E-state index is -0.219. The Balaban J connectivity index is 2.65. The second-order valence-electron chi connectivity index (χ2n) is 4.52. The minimum Gasteiger partial charge on any atom is -0.493 e. The molecule has 0 fully saturated rings. The first-order valence-electron chi connectivity index (χ1n) is 6.15. The Morgan fingerprint density at radius 2 is 1.89 bits per heavy atom. The van der Waals surface area contributed by atoms with Crippen molar-refractivity contribution < 1.29 is 14.3 Å². The number of hydrogen-bond donors (Lipinski definition) is 1. The molecule has 0 spiro atoms. The van der Waals surface area contributed by atoms with Crippen LogP contribution in [0.1, 0.15) is 12.5 Å². The van der Waals surface area contributed by atoms with Crippen LogP contribution in [0, 0.1) is 0 Å². The van der Waals surface area contributed by atoms with Crippen molar-refractivity contribution >= 4 is 5.91 Å². The molecular weight excluding hydrogens is 244 g/mol. The van der Waals surface area contributed by atoms with Gasteiger partial charge < -0.3 is 19.7 Å². The maximum Gasteiger partial charge on any atom is 0.238 e. The molecule has 0 saturated heterocycles. The average molecular weight is 266 g/mol. The van der Waals surface area contributed by atoms with Gasteiger partial charge >= 0.3 is 0 Å². The highest BCUT2D eigenvalue weighted by Crippen LogP contribution is 2.27. The molecule has 0 heterocycles. The first kappa shape index (κ1) is 15.3. The first-order chi connectivity index (χ1) is 8.99. The third-order valence-corrected chi connectivity index (χ3v) is 2.87. The summed E-state index contributed by atoms with van der Waals surface area (Å²) in [5.74, 6) is 1.44. The Hall–Kier alpha value is -1.75. The van der Waals surface area contributed by atoms with Crippen LogP contribution in [-0.2, 0) is 11.3 Å². The van der Waals surface area contributed by atoms with Crippen molar-refractivity contribution in [3.63, 3.8) is 0 Å². The van der Waals surface area contributed by atoms with Crippen LogP contribution in [0.5, 0.6) is 11.5 Å². The van der Waals surface area contributed by atoms with E-state index in [-0.39, 0.29) is 11.9 Å². The van der Waals surface area contributed by atoms with Gasteiger partial charge in [-0.15, -0.1) is 0 Å². The van der Waals surface area contributed by atoms with Gasteiger partial charge in [0.2, 0.25) is 5.91 Å². The van der Waals surface area contributed by atoms with Crippen LogP contribution in [-0.4, -0.2) is 45.2 Å². The average Bonchev–Trinajstić information content (AvgIpc) is 2.43. The Bertz CT molecular complexity index is 433. The van der Waals surface area contributed by atoms with Gasteiger partial charge in [0.1, 0.15) is 0 Å². The fraction of sp³-hybridized carbons (Fsp3) is 0.500. The highest BCUT2D eigenvalue weighted by Gasteiger charge is 2.14. The van der Waals surface area contributed by atoms with Crippen molar-refractivity contribution in [2.75, 3.05) is 28.3 Å². The Morgan fingerprint density at radius 3 is 2.42 bits per heavy atom. The molecule has 0 bridgehead atoms. The van der Waals surface area contributed by atoms with Gasteiger partial charge in [0.05, 0.1) is 20.3 Å². The third-order valence-electron chi connectivity index (χ3n) is 2.87. The van der Waals surface area contributed by atoms with Crippen molar-refractivity contribution in [3.8, 4) is 11.5 Å². The number of carbonyl (C=O) groups is 1. The lowest BCUT2D eigenvalue weighted by molar-refractivity contribution is -0.130. The molecule has 0 aliphatic rings. The van der Waals surface area contributed by atoms with Crippen LogP contribution >= 0.6 is 0 Å². The summed E-state index contributed by atoms with van der Waals surface area (Å²) in [5, 5.41) is 3.18. The van der Waals surface area contributed by atoms with E-state index in [4.69, 9.17) is 9.47 Å². The highest BCUT2D eigenvalue weighted by molar-refractivity contribution is 5.80. The molecule has 5 nitrogen and oxygen atoms in total. The number of nitrogens with one attached hydrogen (secondary N) is 1. The molecule has 106 valence electrons. The van der Waals surface area contributed by atoms with Crippen LogP contribution in [0.2, 0.25) is 0 Å². The number of methoxy groups -OCH3 is 2. The standard InChI is InChI=1S/C14H22N2O3/c1-10(14(17)16(2)3)15-9-11-6-7-12(18-4)13(8-11)19-5/h6-8,10,15H,9H2,1-5H3. The third kappa shape index (κ3) is 4.13. The molecule has 1 unspecified atom stereocenters. The number of nitrogens with zero attached hydrogens (tertiary/aromatic N) is 1. The molecule has 0 aliphatic carbocycles. The summed E-state index contributed by atoms with van der Waals surface area (Å²) in [6.45, 7) is 2.45. The fourth-order valence-corrected chi connectivity index (χ4v) is 1.74. The first-order valence-corrected chi connectivity index (χ1v) is 6.15. The quantitative estimate of drug-likeness (QED) is 0.842. The molecule has 0 radical (unpaired) electrons. The monoisotopic (exact) mass is 266 g/mol. The topological polar surface area (TPSA) is 50.8 Å². The van der Waals surface area contributed by atoms with Crippen molar-refractivity contribution in [2.24, 2.45) is 0 Å². The number of likely N-dealkylation sites (N-methyl/N-ethyl adjacent to an activating group) is 1. The summed E-state index contributed by atoms with van der Waals surface area (Å²) < 4.78 is 10.4. The summed E-state index contributed by atoms with van der Waals surface area (Å²) in [4.78, 5) is 13.3. The summed E-state index contributed by atoms with van der Waals surface area (Å²) in [6, 6.07) is 5.48. The van der Waals surface area contributed by atoms with E-state index in [0.717, 1.165) is 5.56 Å². The SMILES string of the molecule is COc1ccc(CNC(C)C(=O)N(C)C)cc1OC. The zero-order valence-corrected chi connectivity index (χ0v) is 12.2. The summed E-state index contributed by atoms with van der Waals surface area (Å²) in [5.41, 5.74) is 1.04. The Morgan fingerprint density at radius 1 is 1.26 bits per heavy atom. The molecule has 0 aliphatic heterocycles. The van der Waals surface area contributed by atoms with Crippen molar-refractivity contribution in [1.82, 2.24) is 10.2 Å². The predicted molar refractivity (Wildman–Crippen MR) is 74.5 cm³/mol. The van der Waals surface area contributed by atoms with E-state index in [2.05, 4.69) is 5.32 Å². The molecule has 1 N–H and O–H groups in total. The van der Waals surface area contributed by atoms with E-state index in [9.17, 15) is 4.79 Å². The summed E-state index contributed by atoms with van der Waals surface area (Å²) >= 11 is 0. The van der Waals surface area contributed by atoms with E-state index in [0.29, 0.717) is 18.0 Å². The lowest BCUT2D eigenvalue weighted by atomic mass is 10.2. The molecule has 1 aromatic carbocycles. The number of benzene rings is 1. The molecule has 1 atom stereocenters. The Kier molecular flexibility index (Phi) is 5.63. The Labute approximate surface area is 114 Å². The van der Waals surface area contributed by atoms with Gasteiger partial charge in [0.15, 0.2) is 11.5 Å². The van der Waals surface area contributed by atoms with Gasteiger partial charge in [-0.3, -0.25) is 4.79 Å². The number of ether oxygens (including phenoxy) is 2. The van der Waals surface area contributed by atoms with Crippen LogP contribution in [0.15, 0.2) is 18.2 Å². The number of carbonyl (C=O) groups excluding carboxylic acids is 1. The van der Waals surface area contributed by atoms with Gasteiger partial charge in [0.25, 0.3) is 0 Å². The van der Waals surface area contributed by atoms with E-state index in [1.807, 2.05) is 25.1 Å². The zero-order chi connectivity index (χ0) is 14.4. The van der Waals surface area contributed by atoms with Crippen molar-refractivity contribution in [1.29, 1.82) is 0 Å². The van der Waals surface area contributed by atoms with E-state index < -0.39 is 0 Å². The summed E-state index contributed by atoms with van der Waals surface area (Å²) in [6.07, 6.45) is 0. The minimum absolute atomic E-state index is 0.0560. The van der Waals surface area contributed by atoms with E-state index >= 15 is 0 Å². The number of amides is 1. The van der Waals surface area contributed by atoms with Crippen molar-refractivity contribution in [3.05, 3.63) is 23.8 Å². The van der Waals surface area contributed by atoms with Gasteiger partial charge in [-0.25, -0.2) is 0 Å². The van der Waals surface area contributed by atoms with Crippen LogP contribution in [0.25, 0.3) is 0 Å². The second-order valence-corrected chi connectivity index (χ2v) is 4.52. The molecule has 19 heavy (non-hydrogen) atoms. The van der Waals surface area contributed by atoms with E-state index in [1.54, 1.807) is 33.2 Å². The predicted octanol–water partition coefficient (Wildman–Crippen LogP) is 1.27. The van der Waals surface area contributed by atoms with Gasteiger partial charge in [-0.05, 0) is 24.6 Å². The normalized spacial score (nSPS) is 11.8. The van der Waals surface area contributed by atoms with Gasteiger partial charge in [-0.2, -0.15) is 0 Å². The molecule has 0 aromatic heterocycles. The highest BCUT2D eigenvalue weighted by atomic mass is 16.5. The fourth-order valence-electron chi connectivity index (χ4n) is 1.74. The van der Waals surface area contributed by atoms with Crippen LogP contribution < -0.4 is 14.8 Å². The van der Waals surface area contributed by atoms with Gasteiger partial charge in [0, 0.05) is 20.6 Å². The van der Waals surface area contributed by atoms with E-state index in [1.165, 1.54) is 0 Å². The molecule has 0 saturated carbocycles. The summed E-state index contributed by atoms with van der Waals surface area (Å²) in [7, 11) is 6.70. The van der Waals surface area contributed by atoms with Crippen molar-refractivity contribution in [2.45, 2.75) is 19.5 Å². The molecule has 1 rings (SSSR count). The van der Waals surface area contributed by atoms with Crippen LogP contribution in [0.4, 0.5) is 0 Å². The number of hydrogen-bond acceptors (Lipinski definition) is 4. The zero-order valence-electron chi connectivity index (χ0n) is 12.2. The smallest absolute Gasteiger partial charge is 0.238 e. The molecular formula is C14H22N2O3. The maximum absolute atomic E-state index is 11.7.